The number of alkyl halides is 3. The van der Waals surface area contributed by atoms with E-state index in [2.05, 4.69) is 29.1 Å². The lowest BCUT2D eigenvalue weighted by Gasteiger charge is -2.18. The number of nitrogens with one attached hydrogen (secondary N) is 1. The number of carbonyl (C=O) groups excluding carboxylic acids is 1. The molecule has 0 spiro atoms. The van der Waals surface area contributed by atoms with Crippen LogP contribution >= 0.6 is 0 Å². The molecule has 0 bridgehead atoms. The topological polar surface area (TPSA) is 41.6 Å². The molecule has 7 heteroatoms. The first kappa shape index (κ1) is 21.8. The lowest BCUT2D eigenvalue weighted by molar-refractivity contribution is -0.176. The minimum Gasteiger partial charge on any atom is -0.367 e. The van der Waals surface area contributed by atoms with Gasteiger partial charge in [0, 0.05) is 20.1 Å². The van der Waals surface area contributed by atoms with Crippen molar-refractivity contribution in [3.05, 3.63) is 70.8 Å². The van der Waals surface area contributed by atoms with Gasteiger partial charge in [0.05, 0.1) is 6.61 Å². The second-order valence-corrected chi connectivity index (χ2v) is 6.61. The van der Waals surface area contributed by atoms with E-state index in [1.54, 1.807) is 36.2 Å². The molecule has 152 valence electrons. The highest BCUT2D eigenvalue weighted by Crippen LogP contribution is 2.16. The molecule has 1 N–H and O–H groups in total. The molecule has 0 aliphatic carbocycles. The zero-order valence-corrected chi connectivity index (χ0v) is 16.1. The van der Waals surface area contributed by atoms with Crippen LogP contribution in [-0.2, 0) is 30.9 Å². The van der Waals surface area contributed by atoms with Gasteiger partial charge in [-0.25, -0.2) is 4.79 Å². The molecule has 0 aliphatic rings. The lowest BCUT2D eigenvalue weighted by atomic mass is 10.1. The largest absolute Gasteiger partial charge is 0.411 e. The second-order valence-electron chi connectivity index (χ2n) is 6.61. The van der Waals surface area contributed by atoms with E-state index in [4.69, 9.17) is 0 Å². The molecule has 4 nitrogen and oxygen atoms in total. The Labute approximate surface area is 163 Å². The number of nitrogens with zero attached hydrogens (tertiary/aromatic N) is 1. The minimum absolute atomic E-state index is 0.105. The molecule has 0 aliphatic heterocycles. The number of carbonyl (C=O) groups is 1. The third-order valence-corrected chi connectivity index (χ3v) is 4.20. The summed E-state index contributed by atoms with van der Waals surface area (Å²) in [5.41, 5.74) is 3.81. The van der Waals surface area contributed by atoms with Crippen LogP contribution < -0.4 is 5.32 Å². The van der Waals surface area contributed by atoms with Crippen molar-refractivity contribution in [2.45, 2.75) is 39.2 Å². The van der Waals surface area contributed by atoms with Crippen LogP contribution in [0.5, 0.6) is 0 Å². The molecule has 0 saturated heterocycles. The van der Waals surface area contributed by atoms with E-state index in [1.807, 2.05) is 12.1 Å². The van der Waals surface area contributed by atoms with Gasteiger partial charge in [-0.1, -0.05) is 55.5 Å². The SMILES string of the molecule is CCc1ccc(CN(C)C(=O)NCc2ccc(COCC(F)(F)F)cc2)cc1. The fraction of sp³-hybridized carbons (Fsp3) is 0.381. The number of benzene rings is 2. The molecule has 0 saturated carbocycles. The maximum Gasteiger partial charge on any atom is 0.411 e. The van der Waals surface area contributed by atoms with Gasteiger partial charge in [-0.2, -0.15) is 13.2 Å². The van der Waals surface area contributed by atoms with E-state index in [0.29, 0.717) is 18.7 Å². The molecular weight excluding hydrogens is 369 g/mol. The van der Waals surface area contributed by atoms with Crippen molar-refractivity contribution >= 4 is 6.03 Å². The van der Waals surface area contributed by atoms with Gasteiger partial charge >= 0.3 is 12.2 Å². The van der Waals surface area contributed by atoms with Crippen LogP contribution in [0, 0.1) is 0 Å². The number of ether oxygens (including phenoxy) is 1. The van der Waals surface area contributed by atoms with Gasteiger partial charge in [0.1, 0.15) is 6.61 Å². The van der Waals surface area contributed by atoms with Gasteiger partial charge < -0.3 is 15.0 Å². The minimum atomic E-state index is -4.33. The number of urea groups is 1. The van der Waals surface area contributed by atoms with E-state index in [0.717, 1.165) is 17.5 Å². The van der Waals surface area contributed by atoms with Gasteiger partial charge in [-0.15, -0.1) is 0 Å². The molecule has 0 atom stereocenters. The fourth-order valence-electron chi connectivity index (χ4n) is 2.58. The van der Waals surface area contributed by atoms with Crippen molar-refractivity contribution < 1.29 is 22.7 Å². The Morgan fingerprint density at radius 2 is 1.50 bits per heavy atom. The summed E-state index contributed by atoms with van der Waals surface area (Å²) in [5.74, 6) is 0. The monoisotopic (exact) mass is 394 g/mol. The summed E-state index contributed by atoms with van der Waals surface area (Å²) in [6.45, 7) is 1.56. The van der Waals surface area contributed by atoms with E-state index in [-0.39, 0.29) is 12.6 Å². The predicted molar refractivity (Wildman–Crippen MR) is 102 cm³/mol. The number of hydrogen-bond donors (Lipinski definition) is 1. The Morgan fingerprint density at radius 1 is 0.964 bits per heavy atom. The van der Waals surface area contributed by atoms with Crippen molar-refractivity contribution in [1.82, 2.24) is 10.2 Å². The highest BCUT2D eigenvalue weighted by molar-refractivity contribution is 5.73. The van der Waals surface area contributed by atoms with Crippen molar-refractivity contribution in [3.8, 4) is 0 Å². The molecule has 28 heavy (non-hydrogen) atoms. The molecule has 0 fully saturated rings. The predicted octanol–water partition coefficient (Wildman–Crippen LogP) is 4.67. The van der Waals surface area contributed by atoms with Gasteiger partial charge in [0.25, 0.3) is 0 Å². The third kappa shape index (κ3) is 7.60. The zero-order valence-electron chi connectivity index (χ0n) is 16.1. The summed E-state index contributed by atoms with van der Waals surface area (Å²) >= 11 is 0. The van der Waals surface area contributed by atoms with Crippen LogP contribution in [0.15, 0.2) is 48.5 Å². The highest BCUT2D eigenvalue weighted by atomic mass is 19.4. The van der Waals surface area contributed by atoms with E-state index >= 15 is 0 Å². The summed E-state index contributed by atoms with van der Waals surface area (Å²) in [4.78, 5) is 13.8. The smallest absolute Gasteiger partial charge is 0.367 e. The molecule has 0 radical (unpaired) electrons. The fourth-order valence-corrected chi connectivity index (χ4v) is 2.58. The summed E-state index contributed by atoms with van der Waals surface area (Å²) in [7, 11) is 1.73. The normalized spacial score (nSPS) is 11.3. The van der Waals surface area contributed by atoms with E-state index in [1.165, 1.54) is 5.56 Å². The Hall–Kier alpha value is -2.54. The van der Waals surface area contributed by atoms with Crippen LogP contribution in [0.25, 0.3) is 0 Å². The van der Waals surface area contributed by atoms with Crippen molar-refractivity contribution in [2.24, 2.45) is 0 Å². The summed E-state index contributed by atoms with van der Waals surface area (Å²) in [6, 6.07) is 14.9. The van der Waals surface area contributed by atoms with Crippen molar-refractivity contribution in [1.29, 1.82) is 0 Å². The zero-order chi connectivity index (χ0) is 20.6. The second kappa shape index (κ2) is 10.1. The van der Waals surface area contributed by atoms with Crippen molar-refractivity contribution in [2.75, 3.05) is 13.7 Å². The summed E-state index contributed by atoms with van der Waals surface area (Å²) < 4.78 is 40.8. The molecule has 0 unspecified atom stereocenters. The van der Waals surface area contributed by atoms with Gasteiger partial charge in [0.15, 0.2) is 0 Å². The first-order chi connectivity index (χ1) is 13.3. The molecule has 0 aromatic heterocycles. The first-order valence-corrected chi connectivity index (χ1v) is 9.06. The molecule has 2 aromatic rings. The Bertz CT molecular complexity index is 744. The Kier molecular flexibility index (Phi) is 7.87. The summed E-state index contributed by atoms with van der Waals surface area (Å²) in [5, 5.41) is 2.83. The third-order valence-electron chi connectivity index (χ3n) is 4.20. The first-order valence-electron chi connectivity index (χ1n) is 9.06. The Balaban J connectivity index is 1.76. The molecule has 0 heterocycles. The highest BCUT2D eigenvalue weighted by Gasteiger charge is 2.27. The van der Waals surface area contributed by atoms with Crippen LogP contribution in [-0.4, -0.2) is 30.8 Å². The lowest BCUT2D eigenvalue weighted by Crippen LogP contribution is -2.36. The standard InChI is InChI=1S/C21H25F3N2O2/c1-3-16-4-8-18(9-5-16)13-26(2)20(27)25-12-17-6-10-19(11-7-17)14-28-15-21(22,23)24/h4-11H,3,12-15H2,1-2H3,(H,25,27). The quantitative estimate of drug-likeness (QED) is 0.707. The van der Waals surface area contributed by atoms with Crippen LogP contribution in [0.4, 0.5) is 18.0 Å². The van der Waals surface area contributed by atoms with E-state index < -0.39 is 12.8 Å². The molecule has 2 rings (SSSR count). The maximum absolute atomic E-state index is 12.2. The van der Waals surface area contributed by atoms with Crippen molar-refractivity contribution in [3.63, 3.8) is 0 Å². The molecule has 2 aromatic carbocycles. The number of halogens is 3. The van der Waals surface area contributed by atoms with E-state index in [9.17, 15) is 18.0 Å². The maximum atomic E-state index is 12.2. The molecule has 2 amide bonds. The average Bonchev–Trinajstić information content (AvgIpc) is 2.66. The average molecular weight is 394 g/mol. The summed E-state index contributed by atoms with van der Waals surface area (Å²) in [6.07, 6.45) is -3.35. The van der Waals surface area contributed by atoms with Crippen LogP contribution in [0.1, 0.15) is 29.2 Å². The number of aryl methyl sites for hydroxylation is 1. The van der Waals surface area contributed by atoms with Crippen LogP contribution in [0.3, 0.4) is 0 Å². The number of hydrogen-bond acceptors (Lipinski definition) is 2. The number of amides is 2. The van der Waals surface area contributed by atoms with Crippen LogP contribution in [0.2, 0.25) is 0 Å². The van der Waals surface area contributed by atoms with Gasteiger partial charge in [-0.05, 0) is 28.7 Å². The number of rotatable bonds is 8. The van der Waals surface area contributed by atoms with Gasteiger partial charge in [-0.3, -0.25) is 0 Å². The van der Waals surface area contributed by atoms with Gasteiger partial charge in [0.2, 0.25) is 0 Å². The molecular formula is C21H25F3N2O2. The Morgan fingerprint density at radius 3 is 2.07 bits per heavy atom.